The summed E-state index contributed by atoms with van der Waals surface area (Å²) in [4.78, 5) is 2.42. The SMILES string of the molecule is S=P1(c2ccccc2)c2ccccc2Sc2cc(-c3ccc4c(c3)c3ccccc3n4-c3ccccc3)ccc2N1c1ccccc1. The molecule has 0 spiro atoms. The van der Waals surface area contributed by atoms with E-state index in [2.05, 4.69) is 185 Å². The molecule has 0 saturated heterocycles. The zero-order valence-electron chi connectivity index (χ0n) is 25.4. The summed E-state index contributed by atoms with van der Waals surface area (Å²) in [5, 5.41) is 4.91. The molecule has 47 heavy (non-hydrogen) atoms. The van der Waals surface area contributed by atoms with E-state index in [1.807, 2.05) is 11.8 Å². The number of hydrogen-bond acceptors (Lipinski definition) is 2. The minimum absolute atomic E-state index is 1.11. The van der Waals surface area contributed by atoms with Gasteiger partial charge in [0, 0.05) is 42.5 Å². The van der Waals surface area contributed by atoms with Crippen LogP contribution in [0.15, 0.2) is 186 Å². The molecule has 9 rings (SSSR count). The van der Waals surface area contributed by atoms with E-state index in [0.717, 1.165) is 11.4 Å². The van der Waals surface area contributed by atoms with E-state index in [0.29, 0.717) is 0 Å². The third-order valence-electron chi connectivity index (χ3n) is 9.01. The van der Waals surface area contributed by atoms with E-state index in [1.165, 1.54) is 59.0 Å². The maximum absolute atomic E-state index is 6.93. The first-order chi connectivity index (χ1) is 23.2. The number of fused-ring (bicyclic) bond motifs is 5. The van der Waals surface area contributed by atoms with Crippen LogP contribution in [0.3, 0.4) is 0 Å². The van der Waals surface area contributed by atoms with Gasteiger partial charge in [0.1, 0.15) is 0 Å². The molecule has 1 atom stereocenters. The normalized spacial score (nSPS) is 15.7. The molecule has 0 N–H and O–H groups in total. The molecule has 0 amide bonds. The minimum Gasteiger partial charge on any atom is -0.309 e. The lowest BCUT2D eigenvalue weighted by molar-refractivity contribution is 1.18. The van der Waals surface area contributed by atoms with Crippen LogP contribution in [-0.2, 0) is 11.8 Å². The summed E-state index contributed by atoms with van der Waals surface area (Å²) in [5.41, 5.74) is 8.24. The Labute approximate surface area is 284 Å². The lowest BCUT2D eigenvalue weighted by atomic mass is 10.0. The summed E-state index contributed by atoms with van der Waals surface area (Å²) in [7, 11) is 0. The van der Waals surface area contributed by atoms with E-state index < -0.39 is 6.19 Å². The lowest BCUT2D eigenvalue weighted by Gasteiger charge is -2.37. The third-order valence-corrected chi connectivity index (χ3v) is 15.0. The number of nitrogens with zero attached hydrogens (tertiary/aromatic N) is 2. The van der Waals surface area contributed by atoms with E-state index in [-0.39, 0.29) is 0 Å². The largest absolute Gasteiger partial charge is 0.309 e. The lowest BCUT2D eigenvalue weighted by Crippen LogP contribution is -2.29. The minimum atomic E-state index is -2.49. The van der Waals surface area contributed by atoms with Crippen molar-refractivity contribution < 1.29 is 0 Å². The molecule has 224 valence electrons. The smallest absolute Gasteiger partial charge is 0.0984 e. The van der Waals surface area contributed by atoms with Gasteiger partial charge in [-0.3, -0.25) is 0 Å². The van der Waals surface area contributed by atoms with Crippen LogP contribution in [0.5, 0.6) is 0 Å². The predicted molar refractivity (Wildman–Crippen MR) is 205 cm³/mol. The van der Waals surface area contributed by atoms with Gasteiger partial charge in [-0.15, -0.1) is 0 Å². The summed E-state index contributed by atoms with van der Waals surface area (Å²) in [6.07, 6.45) is -2.49. The molecule has 1 aliphatic rings. The first-order valence-corrected chi connectivity index (χ1v) is 19.3. The Morgan fingerprint density at radius 1 is 0.468 bits per heavy atom. The second kappa shape index (κ2) is 11.4. The van der Waals surface area contributed by atoms with Crippen molar-refractivity contribution in [3.8, 4) is 16.8 Å². The van der Waals surface area contributed by atoms with Crippen LogP contribution in [0.1, 0.15) is 0 Å². The van der Waals surface area contributed by atoms with Crippen LogP contribution < -0.4 is 15.3 Å². The van der Waals surface area contributed by atoms with Crippen molar-refractivity contribution in [2.45, 2.75) is 9.79 Å². The van der Waals surface area contributed by atoms with Gasteiger partial charge in [0.15, 0.2) is 0 Å². The van der Waals surface area contributed by atoms with Crippen LogP contribution in [0, 0.1) is 0 Å². The summed E-state index contributed by atoms with van der Waals surface area (Å²) < 4.78 is 4.83. The van der Waals surface area contributed by atoms with Gasteiger partial charge in [-0.25, -0.2) is 0 Å². The first-order valence-electron chi connectivity index (χ1n) is 15.7. The highest BCUT2D eigenvalue weighted by Gasteiger charge is 2.37. The van der Waals surface area contributed by atoms with E-state index >= 15 is 0 Å². The molecular weight excluding hydrogens is 628 g/mol. The van der Waals surface area contributed by atoms with Gasteiger partial charge >= 0.3 is 0 Å². The van der Waals surface area contributed by atoms with Gasteiger partial charge < -0.3 is 9.24 Å². The highest BCUT2D eigenvalue weighted by atomic mass is 32.4. The average molecular weight is 657 g/mol. The van der Waals surface area contributed by atoms with Crippen molar-refractivity contribution in [2.75, 3.05) is 4.67 Å². The quantitative estimate of drug-likeness (QED) is 0.174. The maximum atomic E-state index is 6.93. The van der Waals surface area contributed by atoms with Gasteiger partial charge in [0.25, 0.3) is 0 Å². The number of benzene rings is 7. The molecule has 0 saturated carbocycles. The van der Waals surface area contributed by atoms with Crippen LogP contribution in [0.25, 0.3) is 38.6 Å². The fourth-order valence-electron chi connectivity index (χ4n) is 6.89. The Balaban J connectivity index is 1.26. The zero-order valence-corrected chi connectivity index (χ0v) is 27.9. The number of aromatic nitrogens is 1. The Kier molecular flexibility index (Phi) is 6.90. The monoisotopic (exact) mass is 656 g/mol. The number of para-hydroxylation sites is 3. The topological polar surface area (TPSA) is 8.17 Å². The van der Waals surface area contributed by atoms with Crippen LogP contribution >= 0.6 is 18.0 Å². The second-order valence-corrected chi connectivity index (χ2v) is 17.0. The maximum Gasteiger partial charge on any atom is 0.0984 e. The molecule has 1 aliphatic heterocycles. The number of anilines is 2. The van der Waals surface area contributed by atoms with Crippen LogP contribution in [-0.4, -0.2) is 4.57 Å². The number of rotatable bonds is 4. The van der Waals surface area contributed by atoms with E-state index in [4.69, 9.17) is 11.8 Å². The Bertz CT molecular complexity index is 2470. The number of hydrogen-bond donors (Lipinski definition) is 0. The summed E-state index contributed by atoms with van der Waals surface area (Å²) >= 11 is 8.76. The van der Waals surface area contributed by atoms with Gasteiger partial charge in [-0.05, 0) is 71.8 Å². The van der Waals surface area contributed by atoms with Crippen molar-refractivity contribution in [3.63, 3.8) is 0 Å². The molecule has 0 fully saturated rings. The van der Waals surface area contributed by atoms with Crippen molar-refractivity contribution in [2.24, 2.45) is 0 Å². The molecular formula is C42H29N2PS2. The Morgan fingerprint density at radius 3 is 1.85 bits per heavy atom. The van der Waals surface area contributed by atoms with Gasteiger partial charge in [0.2, 0.25) is 0 Å². The molecule has 5 heteroatoms. The molecule has 2 nitrogen and oxygen atoms in total. The summed E-state index contributed by atoms with van der Waals surface area (Å²) in [6, 6.07) is 63.3. The first kappa shape index (κ1) is 28.4. The predicted octanol–water partition coefficient (Wildman–Crippen LogP) is 11.1. The van der Waals surface area contributed by atoms with E-state index in [9.17, 15) is 0 Å². The molecule has 8 aromatic rings. The van der Waals surface area contributed by atoms with Crippen LogP contribution in [0.2, 0.25) is 0 Å². The molecule has 1 aromatic heterocycles. The molecule has 2 heterocycles. The van der Waals surface area contributed by atoms with Crippen molar-refractivity contribution in [1.29, 1.82) is 0 Å². The summed E-state index contributed by atoms with van der Waals surface area (Å²) in [6.45, 7) is 0. The fourth-order valence-corrected chi connectivity index (χ4v) is 13.0. The standard InChI is InChI=1S/C42H29N2PS2/c46-45(34-18-8-3-9-19-34)40-22-12-13-23-41(40)47-42-29-31(25-27-39(42)44(45)33-16-6-2-7-17-33)30-24-26-38-36(28-30)35-20-10-11-21-37(35)43(38)32-14-4-1-5-15-32/h1-29H. The van der Waals surface area contributed by atoms with Crippen molar-refractivity contribution in [3.05, 3.63) is 176 Å². The highest BCUT2D eigenvalue weighted by molar-refractivity contribution is 8.23. The second-order valence-electron chi connectivity index (χ2n) is 11.7. The van der Waals surface area contributed by atoms with E-state index in [1.54, 1.807) is 0 Å². The molecule has 7 aromatic carbocycles. The van der Waals surface area contributed by atoms with Gasteiger partial charge in [0.05, 0.1) is 22.9 Å². The van der Waals surface area contributed by atoms with Crippen molar-refractivity contribution in [1.82, 2.24) is 4.57 Å². The van der Waals surface area contributed by atoms with Gasteiger partial charge in [-0.1, -0.05) is 139 Å². The van der Waals surface area contributed by atoms with Crippen molar-refractivity contribution >= 4 is 73.5 Å². The zero-order chi connectivity index (χ0) is 31.4. The van der Waals surface area contributed by atoms with Crippen LogP contribution in [0.4, 0.5) is 11.4 Å². The van der Waals surface area contributed by atoms with Gasteiger partial charge in [-0.2, -0.15) is 0 Å². The third kappa shape index (κ3) is 4.59. The average Bonchev–Trinajstić information content (AvgIpc) is 3.41. The molecule has 1 unspecified atom stereocenters. The highest BCUT2D eigenvalue weighted by Crippen LogP contribution is 2.61. The fraction of sp³-hybridized carbons (Fsp3) is 0. The summed E-state index contributed by atoms with van der Waals surface area (Å²) in [5.74, 6) is 0. The molecule has 0 bridgehead atoms. The Morgan fingerprint density at radius 2 is 1.06 bits per heavy atom. The molecule has 0 aliphatic carbocycles. The molecule has 0 radical (unpaired) electrons. The Hall–Kier alpha value is -4.86.